The average molecular weight is 316 g/mol. The van der Waals surface area contributed by atoms with Gasteiger partial charge < -0.3 is 19.7 Å². The highest BCUT2D eigenvalue weighted by Gasteiger charge is 2.42. The summed E-state index contributed by atoms with van der Waals surface area (Å²) in [5, 5.41) is 3.08. The summed E-state index contributed by atoms with van der Waals surface area (Å²) in [6.07, 6.45) is 2.93. The molecule has 0 bridgehead atoms. The van der Waals surface area contributed by atoms with Crippen molar-refractivity contribution in [2.75, 3.05) is 50.2 Å². The van der Waals surface area contributed by atoms with Crippen LogP contribution >= 0.6 is 0 Å². The largest absolute Gasteiger partial charge is 0.381 e. The molecular weight excluding hydrogens is 292 g/mol. The molecule has 124 valence electrons. The van der Waals surface area contributed by atoms with Crippen molar-refractivity contribution < 1.29 is 14.3 Å². The maximum Gasteiger partial charge on any atom is 0.229 e. The standard InChI is InChI=1S/C18H24N2O3/c1-20-12-18(5-8-22-9-6-18)15-10-14(2-3-16(15)20)19-17(21)13-4-7-23-11-13/h2-3,10,13H,4-9,11-12H2,1H3,(H,19,21). The molecule has 2 saturated heterocycles. The van der Waals surface area contributed by atoms with Gasteiger partial charge in [-0.25, -0.2) is 0 Å². The fraction of sp³-hybridized carbons (Fsp3) is 0.611. The quantitative estimate of drug-likeness (QED) is 0.908. The number of anilines is 2. The van der Waals surface area contributed by atoms with Crippen molar-refractivity contribution in [1.29, 1.82) is 0 Å². The van der Waals surface area contributed by atoms with Gasteiger partial charge in [0.05, 0.1) is 12.5 Å². The predicted octanol–water partition coefficient (Wildman–Crippen LogP) is 2.16. The molecule has 1 unspecified atom stereocenters. The first-order valence-electron chi connectivity index (χ1n) is 8.50. The lowest BCUT2D eigenvalue weighted by Gasteiger charge is -2.34. The number of carbonyl (C=O) groups excluding carboxylic acids is 1. The van der Waals surface area contributed by atoms with Crippen LogP contribution in [-0.2, 0) is 19.7 Å². The van der Waals surface area contributed by atoms with Crippen LogP contribution in [0.2, 0.25) is 0 Å². The van der Waals surface area contributed by atoms with Gasteiger partial charge in [0.25, 0.3) is 0 Å². The monoisotopic (exact) mass is 316 g/mol. The maximum atomic E-state index is 12.3. The summed E-state index contributed by atoms with van der Waals surface area (Å²) in [5.41, 5.74) is 3.74. The lowest BCUT2D eigenvalue weighted by Crippen LogP contribution is -2.37. The minimum atomic E-state index is -0.0111. The van der Waals surface area contributed by atoms with Gasteiger partial charge in [0.2, 0.25) is 5.91 Å². The van der Waals surface area contributed by atoms with Gasteiger partial charge in [-0.05, 0) is 43.0 Å². The van der Waals surface area contributed by atoms with E-state index in [2.05, 4.69) is 29.4 Å². The second-order valence-electron chi connectivity index (χ2n) is 7.03. The topological polar surface area (TPSA) is 50.8 Å². The van der Waals surface area contributed by atoms with E-state index < -0.39 is 0 Å². The van der Waals surface area contributed by atoms with Gasteiger partial charge in [0.1, 0.15) is 0 Å². The first-order valence-corrected chi connectivity index (χ1v) is 8.50. The summed E-state index contributed by atoms with van der Waals surface area (Å²) in [5.74, 6) is 0.0674. The number of hydrogen-bond donors (Lipinski definition) is 1. The third kappa shape index (κ3) is 2.62. The van der Waals surface area contributed by atoms with Gasteiger partial charge in [-0.1, -0.05) is 0 Å². The number of nitrogens with zero attached hydrogens (tertiary/aromatic N) is 1. The first kappa shape index (κ1) is 15.0. The maximum absolute atomic E-state index is 12.3. The third-order valence-corrected chi connectivity index (χ3v) is 5.54. The van der Waals surface area contributed by atoms with Crippen LogP contribution in [0.3, 0.4) is 0 Å². The van der Waals surface area contributed by atoms with Crippen LogP contribution in [0, 0.1) is 5.92 Å². The molecule has 0 saturated carbocycles. The molecule has 1 amide bonds. The van der Waals surface area contributed by atoms with E-state index in [0.29, 0.717) is 13.2 Å². The minimum absolute atomic E-state index is 0.0111. The highest BCUT2D eigenvalue weighted by molar-refractivity contribution is 5.93. The summed E-state index contributed by atoms with van der Waals surface area (Å²) in [6, 6.07) is 6.33. The van der Waals surface area contributed by atoms with E-state index in [0.717, 1.165) is 44.7 Å². The molecule has 5 heteroatoms. The van der Waals surface area contributed by atoms with E-state index in [1.54, 1.807) is 0 Å². The smallest absolute Gasteiger partial charge is 0.229 e. The molecule has 1 N–H and O–H groups in total. The molecule has 1 spiro atoms. The fourth-order valence-corrected chi connectivity index (χ4v) is 4.17. The number of ether oxygens (including phenoxy) is 2. The van der Waals surface area contributed by atoms with Gasteiger partial charge in [0.15, 0.2) is 0 Å². The number of rotatable bonds is 2. The van der Waals surface area contributed by atoms with Crippen molar-refractivity contribution in [1.82, 2.24) is 0 Å². The second kappa shape index (κ2) is 5.80. The van der Waals surface area contributed by atoms with Gasteiger partial charge in [-0.3, -0.25) is 4.79 Å². The number of carbonyl (C=O) groups is 1. The number of benzene rings is 1. The molecule has 0 aliphatic carbocycles. The van der Waals surface area contributed by atoms with E-state index in [1.807, 2.05) is 6.07 Å². The molecule has 2 fully saturated rings. The van der Waals surface area contributed by atoms with Crippen LogP contribution in [0.5, 0.6) is 0 Å². The zero-order valence-corrected chi connectivity index (χ0v) is 13.6. The van der Waals surface area contributed by atoms with E-state index in [9.17, 15) is 4.79 Å². The first-order chi connectivity index (χ1) is 11.2. The Morgan fingerprint density at radius 2 is 2.09 bits per heavy atom. The molecule has 1 aromatic rings. The van der Waals surface area contributed by atoms with Crippen molar-refractivity contribution in [3.05, 3.63) is 23.8 Å². The molecule has 5 nitrogen and oxygen atoms in total. The van der Waals surface area contributed by atoms with Crippen LogP contribution in [0.15, 0.2) is 18.2 Å². The summed E-state index contributed by atoms with van der Waals surface area (Å²) in [6.45, 7) is 3.92. The van der Waals surface area contributed by atoms with Crippen LogP contribution in [0.25, 0.3) is 0 Å². The SMILES string of the molecule is CN1CC2(CCOCC2)c2cc(NC(=O)C3CCOC3)ccc21. The summed E-state index contributed by atoms with van der Waals surface area (Å²) in [4.78, 5) is 14.7. The molecule has 3 aliphatic rings. The zero-order valence-electron chi connectivity index (χ0n) is 13.6. The van der Waals surface area contributed by atoms with Gasteiger partial charge in [0, 0.05) is 50.2 Å². The molecule has 0 aromatic heterocycles. The Morgan fingerprint density at radius 3 is 2.83 bits per heavy atom. The van der Waals surface area contributed by atoms with Crippen molar-refractivity contribution in [3.63, 3.8) is 0 Å². The average Bonchev–Trinajstić information content (AvgIpc) is 3.17. The Bertz CT molecular complexity index is 604. The van der Waals surface area contributed by atoms with Crippen LogP contribution in [-0.4, -0.2) is 45.9 Å². The summed E-state index contributed by atoms with van der Waals surface area (Å²) < 4.78 is 10.9. The second-order valence-corrected chi connectivity index (χ2v) is 7.03. The molecule has 1 aromatic carbocycles. The van der Waals surface area contributed by atoms with Crippen molar-refractivity contribution in [3.8, 4) is 0 Å². The molecule has 0 radical (unpaired) electrons. The lowest BCUT2D eigenvalue weighted by atomic mass is 9.76. The van der Waals surface area contributed by atoms with Gasteiger partial charge >= 0.3 is 0 Å². The minimum Gasteiger partial charge on any atom is -0.381 e. The molecule has 23 heavy (non-hydrogen) atoms. The Kier molecular flexibility index (Phi) is 3.77. The molecule has 3 aliphatic heterocycles. The van der Waals surface area contributed by atoms with E-state index in [1.165, 1.54) is 11.3 Å². The Balaban J connectivity index is 1.59. The molecule has 1 atom stereocenters. The van der Waals surface area contributed by atoms with E-state index in [4.69, 9.17) is 9.47 Å². The normalized spacial score (nSPS) is 25.6. The third-order valence-electron chi connectivity index (χ3n) is 5.54. The number of hydrogen-bond acceptors (Lipinski definition) is 4. The number of amides is 1. The number of likely N-dealkylation sites (N-methyl/N-ethyl adjacent to an activating group) is 1. The van der Waals surface area contributed by atoms with Crippen LogP contribution < -0.4 is 10.2 Å². The van der Waals surface area contributed by atoms with Gasteiger partial charge in [-0.15, -0.1) is 0 Å². The van der Waals surface area contributed by atoms with Crippen LogP contribution in [0.4, 0.5) is 11.4 Å². The van der Waals surface area contributed by atoms with Gasteiger partial charge in [-0.2, -0.15) is 0 Å². The fourth-order valence-electron chi connectivity index (χ4n) is 4.17. The van der Waals surface area contributed by atoms with Crippen molar-refractivity contribution in [2.24, 2.45) is 5.92 Å². The van der Waals surface area contributed by atoms with Crippen LogP contribution in [0.1, 0.15) is 24.8 Å². The Hall–Kier alpha value is -1.59. The highest BCUT2D eigenvalue weighted by Crippen LogP contribution is 2.47. The molecule has 3 heterocycles. The lowest BCUT2D eigenvalue weighted by molar-refractivity contribution is -0.119. The van der Waals surface area contributed by atoms with Crippen molar-refractivity contribution >= 4 is 17.3 Å². The Labute approximate surface area is 136 Å². The summed E-state index contributed by atoms with van der Waals surface area (Å²) in [7, 11) is 2.15. The Morgan fingerprint density at radius 1 is 1.26 bits per heavy atom. The van der Waals surface area contributed by atoms with E-state index >= 15 is 0 Å². The zero-order chi connectivity index (χ0) is 15.9. The van der Waals surface area contributed by atoms with E-state index in [-0.39, 0.29) is 17.2 Å². The number of nitrogens with one attached hydrogen (secondary N) is 1. The predicted molar refractivity (Wildman–Crippen MR) is 89.0 cm³/mol. The number of fused-ring (bicyclic) bond motifs is 2. The van der Waals surface area contributed by atoms with Crippen molar-refractivity contribution in [2.45, 2.75) is 24.7 Å². The molecular formula is C18H24N2O3. The molecule has 4 rings (SSSR count). The summed E-state index contributed by atoms with van der Waals surface area (Å²) >= 11 is 0. The highest BCUT2D eigenvalue weighted by atomic mass is 16.5.